The fourth-order valence-corrected chi connectivity index (χ4v) is 3.01. The number of amides is 1. The number of ether oxygens (including phenoxy) is 1. The number of piperazine rings is 1. The third-order valence-electron chi connectivity index (χ3n) is 4.45. The van der Waals surface area contributed by atoms with E-state index in [0.29, 0.717) is 31.2 Å². The van der Waals surface area contributed by atoms with E-state index in [1.165, 1.54) is 12.3 Å². The molecule has 0 saturated carbocycles. The number of hydrogen-bond acceptors (Lipinski definition) is 5. The third-order valence-corrected chi connectivity index (χ3v) is 4.45. The van der Waals surface area contributed by atoms with E-state index in [0.717, 1.165) is 5.69 Å². The summed E-state index contributed by atoms with van der Waals surface area (Å²) in [5, 5.41) is 7.27. The summed E-state index contributed by atoms with van der Waals surface area (Å²) < 4.78 is 42.9. The predicted molar refractivity (Wildman–Crippen MR) is 123 cm³/mol. The molecule has 0 radical (unpaired) electrons. The van der Waals surface area contributed by atoms with E-state index in [1.54, 1.807) is 35.1 Å². The molecular formula is C19H25F3IN7O2. The number of nitrogens with zero attached hydrogens (tertiary/aromatic N) is 6. The lowest BCUT2D eigenvalue weighted by Gasteiger charge is -2.35. The lowest BCUT2D eigenvalue weighted by molar-refractivity contribution is -0.154. The molecule has 13 heteroatoms. The number of carbonyl (C=O) groups excluding carboxylic acids is 1. The second-order valence-electron chi connectivity index (χ2n) is 6.92. The Labute approximate surface area is 200 Å². The van der Waals surface area contributed by atoms with Gasteiger partial charge in [0.15, 0.2) is 12.6 Å². The van der Waals surface area contributed by atoms with Gasteiger partial charge in [-0.15, -0.1) is 24.0 Å². The van der Waals surface area contributed by atoms with E-state index in [4.69, 9.17) is 0 Å². The van der Waals surface area contributed by atoms with Gasteiger partial charge in [0.05, 0.1) is 18.4 Å². The quantitative estimate of drug-likeness (QED) is 0.328. The molecule has 176 valence electrons. The maximum atomic E-state index is 12.6. The van der Waals surface area contributed by atoms with E-state index in [9.17, 15) is 18.0 Å². The van der Waals surface area contributed by atoms with Gasteiger partial charge in [-0.05, 0) is 12.5 Å². The van der Waals surface area contributed by atoms with Crippen molar-refractivity contribution in [2.45, 2.75) is 19.6 Å². The van der Waals surface area contributed by atoms with Crippen LogP contribution in [-0.4, -0.2) is 70.5 Å². The van der Waals surface area contributed by atoms with Crippen LogP contribution in [0.25, 0.3) is 0 Å². The summed E-state index contributed by atoms with van der Waals surface area (Å²) in [6.07, 6.45) is 0.456. The summed E-state index contributed by atoms with van der Waals surface area (Å²) in [5.41, 5.74) is 1.46. The van der Waals surface area contributed by atoms with Gasteiger partial charge in [0, 0.05) is 45.1 Å². The van der Waals surface area contributed by atoms with Crippen LogP contribution in [0.5, 0.6) is 5.88 Å². The van der Waals surface area contributed by atoms with Crippen LogP contribution in [-0.2, 0) is 18.4 Å². The van der Waals surface area contributed by atoms with Gasteiger partial charge >= 0.3 is 6.18 Å². The van der Waals surface area contributed by atoms with Gasteiger partial charge in [-0.25, -0.2) is 9.98 Å². The normalized spacial score (nSPS) is 14.9. The number of nitrogens with one attached hydrogen (secondary N) is 1. The van der Waals surface area contributed by atoms with Crippen molar-refractivity contribution in [1.82, 2.24) is 25.0 Å². The smallest absolute Gasteiger partial charge is 0.422 e. The number of aryl methyl sites for hydroxylation is 1. The van der Waals surface area contributed by atoms with E-state index in [2.05, 4.69) is 25.1 Å². The summed E-state index contributed by atoms with van der Waals surface area (Å²) in [6.45, 7) is 2.68. The number of rotatable bonds is 6. The molecule has 0 bridgehead atoms. The Morgan fingerprint density at radius 3 is 2.62 bits per heavy atom. The van der Waals surface area contributed by atoms with Crippen LogP contribution < -0.4 is 15.0 Å². The zero-order valence-electron chi connectivity index (χ0n) is 17.7. The van der Waals surface area contributed by atoms with Crippen molar-refractivity contribution in [2.24, 2.45) is 12.0 Å². The van der Waals surface area contributed by atoms with Gasteiger partial charge < -0.3 is 19.9 Å². The number of alkyl halides is 3. The van der Waals surface area contributed by atoms with Crippen LogP contribution in [0.4, 0.5) is 18.9 Å². The SMILES string of the molecule is CCNC(=NCc1ccc(OCC(F)(F)F)nc1)N1CCN(c2cnn(C)c2)C(=O)C1.I. The molecule has 2 aromatic rings. The molecule has 32 heavy (non-hydrogen) atoms. The van der Waals surface area contributed by atoms with Crippen molar-refractivity contribution in [2.75, 3.05) is 37.7 Å². The first kappa shape index (κ1) is 25.7. The van der Waals surface area contributed by atoms with Crippen molar-refractivity contribution in [3.8, 4) is 5.88 Å². The number of aliphatic imine (C=N–C) groups is 1. The fourth-order valence-electron chi connectivity index (χ4n) is 3.01. The van der Waals surface area contributed by atoms with Crippen molar-refractivity contribution < 1.29 is 22.7 Å². The summed E-state index contributed by atoms with van der Waals surface area (Å²) in [7, 11) is 1.80. The van der Waals surface area contributed by atoms with E-state index in [-0.39, 0.29) is 48.9 Å². The highest BCUT2D eigenvalue weighted by atomic mass is 127. The van der Waals surface area contributed by atoms with Gasteiger partial charge in [0.1, 0.15) is 6.54 Å². The van der Waals surface area contributed by atoms with Crippen molar-refractivity contribution in [3.05, 3.63) is 36.3 Å². The molecule has 1 aliphatic heterocycles. The standard InChI is InChI=1S/C19H24F3N7O2.HI/c1-3-23-18(25-9-14-4-5-16(24-8-14)31-13-19(20,21)22)28-6-7-29(17(30)12-28)15-10-26-27(2)11-15;/h4-5,8,10-11H,3,6-7,9,12-13H2,1-2H3,(H,23,25);1H. The van der Waals surface area contributed by atoms with Gasteiger partial charge in [-0.3, -0.25) is 9.48 Å². The molecule has 0 aliphatic carbocycles. The van der Waals surface area contributed by atoms with Gasteiger partial charge in [-0.1, -0.05) is 6.07 Å². The summed E-state index contributed by atoms with van der Waals surface area (Å²) in [6, 6.07) is 2.98. The molecule has 0 aromatic carbocycles. The van der Waals surface area contributed by atoms with Gasteiger partial charge in [-0.2, -0.15) is 18.3 Å². The van der Waals surface area contributed by atoms with Crippen LogP contribution in [0.3, 0.4) is 0 Å². The number of aromatic nitrogens is 3. The molecule has 0 unspecified atom stereocenters. The molecule has 0 spiro atoms. The maximum absolute atomic E-state index is 12.6. The van der Waals surface area contributed by atoms with E-state index in [1.807, 2.05) is 11.8 Å². The molecule has 1 aliphatic rings. The molecule has 3 rings (SSSR count). The molecule has 3 heterocycles. The topological polar surface area (TPSA) is 87.9 Å². The minimum Gasteiger partial charge on any atom is -0.468 e. The summed E-state index contributed by atoms with van der Waals surface area (Å²) in [5.74, 6) is 0.422. The van der Waals surface area contributed by atoms with Crippen LogP contribution in [0, 0.1) is 0 Å². The Balaban J connectivity index is 0.00000363. The highest BCUT2D eigenvalue weighted by Gasteiger charge is 2.29. The van der Waals surface area contributed by atoms with E-state index >= 15 is 0 Å². The lowest BCUT2D eigenvalue weighted by atomic mass is 10.3. The number of anilines is 1. The Morgan fingerprint density at radius 2 is 2.06 bits per heavy atom. The number of pyridine rings is 1. The molecular weight excluding hydrogens is 542 g/mol. The molecule has 1 N–H and O–H groups in total. The largest absolute Gasteiger partial charge is 0.468 e. The number of halogens is 4. The Morgan fingerprint density at radius 1 is 1.28 bits per heavy atom. The monoisotopic (exact) mass is 567 g/mol. The van der Waals surface area contributed by atoms with E-state index < -0.39 is 12.8 Å². The van der Waals surface area contributed by atoms with Crippen LogP contribution >= 0.6 is 24.0 Å². The minimum absolute atomic E-state index is 0. The van der Waals surface area contributed by atoms with Crippen LogP contribution in [0.1, 0.15) is 12.5 Å². The van der Waals surface area contributed by atoms with Crippen molar-refractivity contribution in [1.29, 1.82) is 0 Å². The lowest BCUT2D eigenvalue weighted by Crippen LogP contribution is -2.55. The first-order valence-corrected chi connectivity index (χ1v) is 9.72. The Bertz CT molecular complexity index is 918. The van der Waals surface area contributed by atoms with Crippen molar-refractivity contribution >= 4 is 41.5 Å². The molecule has 0 atom stereocenters. The summed E-state index contributed by atoms with van der Waals surface area (Å²) in [4.78, 5) is 24.6. The van der Waals surface area contributed by atoms with Gasteiger partial charge in [0.2, 0.25) is 11.8 Å². The number of hydrogen-bond donors (Lipinski definition) is 1. The molecule has 1 fully saturated rings. The van der Waals surface area contributed by atoms with Crippen molar-refractivity contribution in [3.63, 3.8) is 0 Å². The Kier molecular flexibility index (Phi) is 9.09. The maximum Gasteiger partial charge on any atom is 0.422 e. The zero-order chi connectivity index (χ0) is 22.4. The van der Waals surface area contributed by atoms with Gasteiger partial charge in [0.25, 0.3) is 0 Å². The molecule has 9 nitrogen and oxygen atoms in total. The number of carbonyl (C=O) groups is 1. The second-order valence-corrected chi connectivity index (χ2v) is 6.92. The zero-order valence-corrected chi connectivity index (χ0v) is 20.0. The first-order chi connectivity index (χ1) is 14.7. The highest BCUT2D eigenvalue weighted by molar-refractivity contribution is 14.0. The molecule has 2 aromatic heterocycles. The molecule has 1 saturated heterocycles. The van der Waals surface area contributed by atoms with Crippen LogP contribution in [0.2, 0.25) is 0 Å². The van der Waals surface area contributed by atoms with Crippen LogP contribution in [0.15, 0.2) is 35.7 Å². The minimum atomic E-state index is -4.41. The Hall–Kier alpha value is -2.58. The third kappa shape index (κ3) is 7.24. The predicted octanol–water partition coefficient (Wildman–Crippen LogP) is 2.19. The first-order valence-electron chi connectivity index (χ1n) is 9.72. The molecule has 1 amide bonds. The number of guanidine groups is 1. The highest BCUT2D eigenvalue weighted by Crippen LogP contribution is 2.18. The average Bonchev–Trinajstić information content (AvgIpc) is 3.15. The average molecular weight is 567 g/mol. The fraction of sp³-hybridized carbons (Fsp3) is 0.474. The summed E-state index contributed by atoms with van der Waals surface area (Å²) >= 11 is 0. The second kappa shape index (κ2) is 11.3.